The van der Waals surface area contributed by atoms with Crippen LogP contribution in [0, 0.1) is 5.92 Å². The minimum absolute atomic E-state index is 0.0862. The van der Waals surface area contributed by atoms with Crippen LogP contribution in [0.25, 0.3) is 6.08 Å². The number of hydrogen-bond donors (Lipinski definition) is 1. The number of benzene rings is 2. The van der Waals surface area contributed by atoms with Crippen molar-refractivity contribution in [3.05, 3.63) is 69.7 Å². The molecular weight excluding hydrogens is 477 g/mol. The van der Waals surface area contributed by atoms with Crippen LogP contribution in [-0.2, 0) is 15.8 Å². The van der Waals surface area contributed by atoms with Gasteiger partial charge in [0.2, 0.25) is 0 Å². The predicted octanol–water partition coefficient (Wildman–Crippen LogP) is 5.76. The molecule has 1 heterocycles. The Hall–Kier alpha value is -2.94. The van der Waals surface area contributed by atoms with Crippen molar-refractivity contribution in [2.45, 2.75) is 25.9 Å². The number of hydrogen-bond acceptors (Lipinski definition) is 3. The number of alkyl halides is 3. The summed E-state index contributed by atoms with van der Waals surface area (Å²) in [7, 11) is 0. The molecule has 0 saturated carbocycles. The van der Waals surface area contributed by atoms with E-state index in [2.05, 4.69) is 21.0 Å². The van der Waals surface area contributed by atoms with Gasteiger partial charge in [-0.3, -0.25) is 4.79 Å². The molecule has 2 aromatic carbocycles. The highest BCUT2D eigenvalue weighted by atomic mass is 79.9. The first kappa shape index (κ1) is 22.7. The minimum atomic E-state index is -4.48. The SMILES string of the molecule is CCC1=NN(c2ccc(Br)cc2)C(=O)C1C/C(=C/c1ccc(C(F)(F)F)cc1)C(=O)O. The van der Waals surface area contributed by atoms with Gasteiger partial charge in [0.05, 0.1) is 22.9 Å². The summed E-state index contributed by atoms with van der Waals surface area (Å²) < 4.78 is 39.1. The summed E-state index contributed by atoms with van der Waals surface area (Å²) in [5.41, 5.74) is 0.503. The molecule has 1 atom stereocenters. The molecule has 0 spiro atoms. The largest absolute Gasteiger partial charge is 0.478 e. The Morgan fingerprint density at radius 1 is 1.16 bits per heavy atom. The van der Waals surface area contributed by atoms with E-state index < -0.39 is 23.6 Å². The van der Waals surface area contributed by atoms with Crippen LogP contribution in [-0.4, -0.2) is 22.7 Å². The van der Waals surface area contributed by atoms with Crippen molar-refractivity contribution in [2.24, 2.45) is 11.0 Å². The molecule has 0 fully saturated rings. The number of carbonyl (C=O) groups is 2. The Morgan fingerprint density at radius 3 is 2.29 bits per heavy atom. The Kier molecular flexibility index (Phi) is 6.64. The van der Waals surface area contributed by atoms with Gasteiger partial charge in [-0.2, -0.15) is 18.3 Å². The molecule has 1 aliphatic heterocycles. The number of carboxylic acids is 1. The molecule has 1 unspecified atom stereocenters. The number of aliphatic carboxylic acids is 1. The summed E-state index contributed by atoms with van der Waals surface area (Å²) in [5, 5.41) is 15.2. The van der Waals surface area contributed by atoms with Gasteiger partial charge in [0.15, 0.2) is 0 Å². The van der Waals surface area contributed by atoms with Crippen molar-refractivity contribution in [3.8, 4) is 0 Å². The second kappa shape index (κ2) is 9.05. The molecule has 162 valence electrons. The van der Waals surface area contributed by atoms with Gasteiger partial charge < -0.3 is 5.11 Å². The van der Waals surface area contributed by atoms with Crippen LogP contribution in [0.15, 0.2) is 63.7 Å². The van der Waals surface area contributed by atoms with E-state index in [9.17, 15) is 27.9 Å². The molecular formula is C22H18BrF3N2O3. The molecule has 0 radical (unpaired) electrons. The van der Waals surface area contributed by atoms with E-state index in [0.29, 0.717) is 23.4 Å². The van der Waals surface area contributed by atoms with E-state index in [0.717, 1.165) is 16.6 Å². The third kappa shape index (κ3) is 5.22. The average Bonchev–Trinajstić information content (AvgIpc) is 3.03. The monoisotopic (exact) mass is 494 g/mol. The van der Waals surface area contributed by atoms with E-state index in [1.165, 1.54) is 23.2 Å². The van der Waals surface area contributed by atoms with Crippen LogP contribution in [0.3, 0.4) is 0 Å². The second-order valence-electron chi connectivity index (χ2n) is 6.92. The molecule has 3 rings (SSSR count). The molecule has 9 heteroatoms. The molecule has 2 aromatic rings. The Balaban J connectivity index is 1.86. The lowest BCUT2D eigenvalue weighted by Crippen LogP contribution is -2.28. The standard InChI is InChI=1S/C22H18BrF3N2O3/c1-2-19-18(20(29)28(27-19)17-9-7-16(23)8-10-17)12-14(21(30)31)11-13-3-5-15(6-4-13)22(24,25)26/h3-11,18H,2,12H2,1H3,(H,30,31)/b14-11-. The lowest BCUT2D eigenvalue weighted by Gasteiger charge is -2.15. The van der Waals surface area contributed by atoms with Crippen molar-refractivity contribution in [3.63, 3.8) is 0 Å². The first-order valence-corrected chi connectivity index (χ1v) is 10.2. The van der Waals surface area contributed by atoms with Gasteiger partial charge in [-0.25, -0.2) is 9.80 Å². The van der Waals surface area contributed by atoms with Gasteiger partial charge in [-0.05, 0) is 60.9 Å². The molecule has 0 aliphatic carbocycles. The summed E-state index contributed by atoms with van der Waals surface area (Å²) in [6, 6.07) is 11.2. The van der Waals surface area contributed by atoms with Crippen molar-refractivity contribution in [1.82, 2.24) is 0 Å². The Bertz CT molecular complexity index is 1050. The van der Waals surface area contributed by atoms with Crippen molar-refractivity contribution < 1.29 is 27.9 Å². The van der Waals surface area contributed by atoms with E-state index >= 15 is 0 Å². The number of halogens is 4. The lowest BCUT2D eigenvalue weighted by molar-refractivity contribution is -0.137. The van der Waals surface area contributed by atoms with Crippen molar-refractivity contribution in [2.75, 3.05) is 5.01 Å². The van der Waals surface area contributed by atoms with Crippen LogP contribution in [0.2, 0.25) is 0 Å². The van der Waals surface area contributed by atoms with Gasteiger partial charge in [-0.15, -0.1) is 0 Å². The summed E-state index contributed by atoms with van der Waals surface area (Å²) in [6.07, 6.45) is -2.85. The lowest BCUT2D eigenvalue weighted by atomic mass is 9.92. The minimum Gasteiger partial charge on any atom is -0.478 e. The highest BCUT2D eigenvalue weighted by Gasteiger charge is 2.37. The van der Waals surface area contributed by atoms with Crippen LogP contribution >= 0.6 is 15.9 Å². The summed E-state index contributed by atoms with van der Waals surface area (Å²) >= 11 is 3.33. The van der Waals surface area contributed by atoms with Crippen LogP contribution in [0.4, 0.5) is 18.9 Å². The number of amides is 1. The normalized spacial score (nSPS) is 17.1. The van der Waals surface area contributed by atoms with Gasteiger partial charge in [0, 0.05) is 10.0 Å². The fourth-order valence-electron chi connectivity index (χ4n) is 3.22. The predicted molar refractivity (Wildman–Crippen MR) is 115 cm³/mol. The molecule has 1 amide bonds. The third-order valence-corrected chi connectivity index (χ3v) is 5.38. The van der Waals surface area contributed by atoms with Gasteiger partial charge in [0.25, 0.3) is 5.91 Å². The zero-order valence-electron chi connectivity index (χ0n) is 16.4. The zero-order chi connectivity index (χ0) is 22.8. The summed E-state index contributed by atoms with van der Waals surface area (Å²) in [6.45, 7) is 1.82. The zero-order valence-corrected chi connectivity index (χ0v) is 17.9. The van der Waals surface area contributed by atoms with Crippen molar-refractivity contribution in [1.29, 1.82) is 0 Å². The fraction of sp³-hybridized carbons (Fsp3) is 0.227. The maximum absolute atomic E-state index is 13.0. The number of carbonyl (C=O) groups excluding carboxylic acids is 1. The first-order valence-electron chi connectivity index (χ1n) is 9.38. The van der Waals surface area contributed by atoms with Gasteiger partial charge in [-0.1, -0.05) is 35.0 Å². The molecule has 0 bridgehead atoms. The molecule has 0 saturated heterocycles. The number of rotatable bonds is 6. The fourth-order valence-corrected chi connectivity index (χ4v) is 3.49. The number of hydrazone groups is 1. The Labute approximate surface area is 185 Å². The van der Waals surface area contributed by atoms with E-state index in [-0.39, 0.29) is 17.9 Å². The molecule has 1 aliphatic rings. The smallest absolute Gasteiger partial charge is 0.416 e. The van der Waals surface area contributed by atoms with Gasteiger partial charge in [0.1, 0.15) is 0 Å². The van der Waals surface area contributed by atoms with Gasteiger partial charge >= 0.3 is 12.1 Å². The topological polar surface area (TPSA) is 70.0 Å². The van der Waals surface area contributed by atoms with Crippen LogP contribution < -0.4 is 5.01 Å². The Morgan fingerprint density at radius 2 is 1.77 bits per heavy atom. The molecule has 1 N–H and O–H groups in total. The summed E-state index contributed by atoms with van der Waals surface area (Å²) in [5.74, 6) is -2.35. The molecule has 0 aromatic heterocycles. The highest BCUT2D eigenvalue weighted by molar-refractivity contribution is 9.10. The second-order valence-corrected chi connectivity index (χ2v) is 7.84. The highest BCUT2D eigenvalue weighted by Crippen LogP contribution is 2.32. The van der Waals surface area contributed by atoms with Crippen LogP contribution in [0.5, 0.6) is 0 Å². The quantitative estimate of drug-likeness (QED) is 0.519. The first-order chi connectivity index (χ1) is 14.6. The summed E-state index contributed by atoms with van der Waals surface area (Å²) in [4.78, 5) is 24.8. The molecule has 5 nitrogen and oxygen atoms in total. The number of carboxylic acid groups (broad SMARTS) is 1. The average molecular weight is 495 g/mol. The van der Waals surface area contributed by atoms with E-state index in [1.54, 1.807) is 24.3 Å². The number of anilines is 1. The van der Waals surface area contributed by atoms with Crippen LogP contribution in [0.1, 0.15) is 30.9 Å². The molecule has 31 heavy (non-hydrogen) atoms. The van der Waals surface area contributed by atoms with E-state index in [1.807, 2.05) is 6.92 Å². The van der Waals surface area contributed by atoms with E-state index in [4.69, 9.17) is 0 Å². The maximum atomic E-state index is 13.0. The van der Waals surface area contributed by atoms with Crippen molar-refractivity contribution >= 4 is 45.3 Å². The third-order valence-electron chi connectivity index (χ3n) is 4.85. The maximum Gasteiger partial charge on any atom is 0.416 e. The number of nitrogens with zero attached hydrogens (tertiary/aromatic N) is 2.